The summed E-state index contributed by atoms with van der Waals surface area (Å²) in [5, 5.41) is 13.0. The van der Waals surface area contributed by atoms with Crippen LogP contribution in [0, 0.1) is 5.92 Å². The number of carbonyl (C=O) groups excluding carboxylic acids is 2. The highest BCUT2D eigenvalue weighted by Gasteiger charge is 2.38. The van der Waals surface area contributed by atoms with Gasteiger partial charge in [0.1, 0.15) is 0 Å². The minimum absolute atomic E-state index is 0.00863. The molecule has 6 nitrogen and oxygen atoms in total. The molecule has 1 heterocycles. The molecule has 0 saturated carbocycles. The number of aliphatic hydroxyl groups is 1. The molecule has 1 aliphatic rings. The van der Waals surface area contributed by atoms with Crippen molar-refractivity contribution >= 4 is 11.9 Å². The fraction of sp³-hybridized carbons (Fsp3) is 0.867. The Morgan fingerprint density at radius 1 is 1.14 bits per heavy atom. The van der Waals surface area contributed by atoms with Gasteiger partial charge in [-0.05, 0) is 40.5 Å². The van der Waals surface area contributed by atoms with Crippen LogP contribution in [-0.2, 0) is 4.79 Å². The first-order valence-electron chi connectivity index (χ1n) is 7.46. The molecule has 0 unspecified atom stereocenters. The summed E-state index contributed by atoms with van der Waals surface area (Å²) >= 11 is 0. The normalized spacial score (nSPS) is 17.6. The van der Waals surface area contributed by atoms with E-state index in [2.05, 4.69) is 5.32 Å². The Morgan fingerprint density at radius 3 is 2.00 bits per heavy atom. The van der Waals surface area contributed by atoms with Crippen molar-refractivity contribution in [3.05, 3.63) is 0 Å². The number of piperidine rings is 1. The van der Waals surface area contributed by atoms with E-state index >= 15 is 0 Å². The van der Waals surface area contributed by atoms with Gasteiger partial charge >= 0.3 is 6.03 Å². The average Bonchev–Trinajstić information content (AvgIpc) is 2.36. The van der Waals surface area contributed by atoms with Gasteiger partial charge in [0.05, 0.1) is 11.1 Å². The maximum atomic E-state index is 12.3. The van der Waals surface area contributed by atoms with E-state index in [0.717, 1.165) is 0 Å². The van der Waals surface area contributed by atoms with Crippen LogP contribution in [0.1, 0.15) is 40.5 Å². The summed E-state index contributed by atoms with van der Waals surface area (Å²) in [6.07, 6.45) is 1.32. The van der Waals surface area contributed by atoms with Gasteiger partial charge in [0.2, 0.25) is 5.91 Å². The molecule has 3 amide bonds. The van der Waals surface area contributed by atoms with Crippen LogP contribution in [-0.4, -0.2) is 65.2 Å². The van der Waals surface area contributed by atoms with Crippen LogP contribution in [0.2, 0.25) is 0 Å². The van der Waals surface area contributed by atoms with Gasteiger partial charge in [0.25, 0.3) is 0 Å². The fourth-order valence-electron chi connectivity index (χ4n) is 2.18. The molecule has 0 spiro atoms. The van der Waals surface area contributed by atoms with Crippen LogP contribution in [0.5, 0.6) is 0 Å². The summed E-state index contributed by atoms with van der Waals surface area (Å²) in [6, 6.07) is -0.00863. The highest BCUT2D eigenvalue weighted by molar-refractivity contribution is 5.80. The van der Waals surface area contributed by atoms with Gasteiger partial charge < -0.3 is 20.2 Å². The molecule has 0 aromatic rings. The van der Waals surface area contributed by atoms with Crippen LogP contribution >= 0.6 is 0 Å². The number of amides is 3. The molecule has 1 rings (SSSR count). The topological polar surface area (TPSA) is 72.9 Å². The highest BCUT2D eigenvalue weighted by Crippen LogP contribution is 2.24. The smallest absolute Gasteiger partial charge is 0.319 e. The second kappa shape index (κ2) is 6.22. The zero-order valence-electron chi connectivity index (χ0n) is 14.1. The summed E-state index contributed by atoms with van der Waals surface area (Å²) < 4.78 is 0. The molecule has 21 heavy (non-hydrogen) atoms. The number of urea groups is 1. The van der Waals surface area contributed by atoms with Crippen molar-refractivity contribution in [2.24, 2.45) is 5.92 Å². The van der Waals surface area contributed by atoms with E-state index in [9.17, 15) is 14.7 Å². The van der Waals surface area contributed by atoms with E-state index in [0.29, 0.717) is 25.9 Å². The molecule has 0 aromatic carbocycles. The third kappa shape index (κ3) is 4.33. The molecule has 6 heteroatoms. The lowest BCUT2D eigenvalue weighted by Crippen LogP contribution is -2.59. The van der Waals surface area contributed by atoms with Crippen LogP contribution in [0.4, 0.5) is 4.79 Å². The molecule has 0 aliphatic carbocycles. The molecule has 0 aromatic heterocycles. The first-order chi connectivity index (χ1) is 9.45. The Balaban J connectivity index is 2.55. The van der Waals surface area contributed by atoms with Crippen molar-refractivity contribution in [2.75, 3.05) is 27.2 Å². The number of rotatable bonds is 3. The molecular formula is C15H29N3O3. The molecule has 1 aliphatic heterocycles. The second-order valence-corrected chi connectivity index (χ2v) is 7.11. The van der Waals surface area contributed by atoms with Gasteiger partial charge in [0, 0.05) is 33.1 Å². The number of hydrogen-bond acceptors (Lipinski definition) is 3. The molecule has 122 valence electrons. The third-order valence-electron chi connectivity index (χ3n) is 4.48. The third-order valence-corrected chi connectivity index (χ3v) is 4.48. The van der Waals surface area contributed by atoms with Gasteiger partial charge in [0.15, 0.2) is 0 Å². The quantitative estimate of drug-likeness (QED) is 0.818. The van der Waals surface area contributed by atoms with E-state index in [1.54, 1.807) is 37.7 Å². The summed E-state index contributed by atoms with van der Waals surface area (Å²) in [6.45, 7) is 8.19. The zero-order chi connectivity index (χ0) is 16.4. The van der Waals surface area contributed by atoms with E-state index in [4.69, 9.17) is 0 Å². The lowest BCUT2D eigenvalue weighted by atomic mass is 9.84. The molecular weight excluding hydrogens is 270 g/mol. The SMILES string of the molecule is CN(C)C(=O)N1CCC(C(=O)NC(C)(C)C(C)(C)O)CC1. The molecule has 0 bridgehead atoms. The molecule has 2 N–H and O–H groups in total. The Kier molecular flexibility index (Phi) is 5.25. The number of nitrogens with zero attached hydrogens (tertiary/aromatic N) is 2. The Bertz CT molecular complexity index is 391. The number of carbonyl (C=O) groups is 2. The van der Waals surface area contributed by atoms with Crippen molar-refractivity contribution < 1.29 is 14.7 Å². The largest absolute Gasteiger partial charge is 0.388 e. The monoisotopic (exact) mass is 299 g/mol. The van der Waals surface area contributed by atoms with Crippen LogP contribution < -0.4 is 5.32 Å². The second-order valence-electron chi connectivity index (χ2n) is 7.11. The maximum Gasteiger partial charge on any atom is 0.319 e. The van der Waals surface area contributed by atoms with Crippen molar-refractivity contribution in [3.63, 3.8) is 0 Å². The first kappa shape index (κ1) is 17.8. The van der Waals surface area contributed by atoms with E-state index in [1.807, 2.05) is 13.8 Å². The van der Waals surface area contributed by atoms with Crippen molar-refractivity contribution in [1.82, 2.24) is 15.1 Å². The molecule has 1 fully saturated rings. The van der Waals surface area contributed by atoms with Gasteiger partial charge in [-0.25, -0.2) is 4.79 Å². The minimum Gasteiger partial charge on any atom is -0.388 e. The van der Waals surface area contributed by atoms with Gasteiger partial charge in [-0.3, -0.25) is 4.79 Å². The molecule has 0 atom stereocenters. The van der Waals surface area contributed by atoms with Crippen LogP contribution in [0.25, 0.3) is 0 Å². The Hall–Kier alpha value is -1.30. The summed E-state index contributed by atoms with van der Waals surface area (Å²) in [5.41, 5.74) is -1.69. The van der Waals surface area contributed by atoms with E-state index < -0.39 is 11.1 Å². The molecule has 0 radical (unpaired) electrons. The predicted octanol–water partition coefficient (Wildman–Crippen LogP) is 1.05. The highest BCUT2D eigenvalue weighted by atomic mass is 16.3. The van der Waals surface area contributed by atoms with Gasteiger partial charge in [-0.1, -0.05) is 0 Å². The number of likely N-dealkylation sites (tertiary alicyclic amines) is 1. The first-order valence-corrected chi connectivity index (χ1v) is 7.46. The zero-order valence-corrected chi connectivity index (χ0v) is 14.1. The van der Waals surface area contributed by atoms with Crippen LogP contribution in [0.15, 0.2) is 0 Å². The van der Waals surface area contributed by atoms with Crippen LogP contribution in [0.3, 0.4) is 0 Å². The van der Waals surface area contributed by atoms with E-state index in [-0.39, 0.29) is 17.9 Å². The lowest BCUT2D eigenvalue weighted by molar-refractivity contribution is -0.131. The fourth-order valence-corrected chi connectivity index (χ4v) is 2.18. The average molecular weight is 299 g/mol. The van der Waals surface area contributed by atoms with Crippen molar-refractivity contribution in [2.45, 2.75) is 51.7 Å². The van der Waals surface area contributed by atoms with Gasteiger partial charge in [-0.2, -0.15) is 0 Å². The van der Waals surface area contributed by atoms with Gasteiger partial charge in [-0.15, -0.1) is 0 Å². The predicted molar refractivity (Wildman–Crippen MR) is 81.9 cm³/mol. The van der Waals surface area contributed by atoms with Crippen molar-refractivity contribution in [1.29, 1.82) is 0 Å². The summed E-state index contributed by atoms with van der Waals surface area (Å²) in [5.74, 6) is -0.142. The van der Waals surface area contributed by atoms with Crippen molar-refractivity contribution in [3.8, 4) is 0 Å². The summed E-state index contributed by atoms with van der Waals surface area (Å²) in [7, 11) is 3.46. The number of nitrogens with one attached hydrogen (secondary N) is 1. The molecule has 1 saturated heterocycles. The Labute approximate surface area is 127 Å². The summed E-state index contributed by atoms with van der Waals surface area (Å²) in [4.78, 5) is 27.5. The van der Waals surface area contributed by atoms with E-state index in [1.165, 1.54) is 0 Å². The minimum atomic E-state index is -0.996. The Morgan fingerprint density at radius 2 is 1.62 bits per heavy atom. The lowest BCUT2D eigenvalue weighted by Gasteiger charge is -2.40. The maximum absolute atomic E-state index is 12.3. The standard InChI is InChI=1S/C15H29N3O3/c1-14(2,15(3,4)21)16-12(19)11-7-9-18(10-8-11)13(20)17(5)6/h11,21H,7-10H2,1-6H3,(H,16,19). The number of hydrogen-bond donors (Lipinski definition) is 2.